The molecular formula is C13H29NO. The maximum atomic E-state index is 5.41. The molecule has 0 radical (unpaired) electrons. The molecule has 0 aliphatic heterocycles. The highest BCUT2D eigenvalue weighted by Crippen LogP contribution is 2.10. The van der Waals surface area contributed by atoms with Gasteiger partial charge in [0.05, 0.1) is 0 Å². The van der Waals surface area contributed by atoms with Gasteiger partial charge in [-0.15, -0.1) is 0 Å². The summed E-state index contributed by atoms with van der Waals surface area (Å²) in [7, 11) is 0. The molecule has 92 valence electrons. The van der Waals surface area contributed by atoms with Crippen molar-refractivity contribution in [3.05, 3.63) is 0 Å². The zero-order valence-corrected chi connectivity index (χ0v) is 11.0. The quantitative estimate of drug-likeness (QED) is 0.565. The highest BCUT2D eigenvalue weighted by Gasteiger charge is 2.07. The van der Waals surface area contributed by atoms with Gasteiger partial charge in [-0.05, 0) is 44.7 Å². The van der Waals surface area contributed by atoms with Crippen molar-refractivity contribution in [3.63, 3.8) is 0 Å². The summed E-state index contributed by atoms with van der Waals surface area (Å²) >= 11 is 0. The smallest absolute Gasteiger partial charge is 0.0469 e. The second-order valence-corrected chi connectivity index (χ2v) is 4.69. The molecule has 0 rings (SSSR count). The Kier molecular flexibility index (Phi) is 10.4. The normalized spacial score (nSPS) is 13.4. The molecule has 0 spiro atoms. The third-order valence-corrected chi connectivity index (χ3v) is 2.56. The minimum absolute atomic E-state index is 0.749. The van der Waals surface area contributed by atoms with Gasteiger partial charge in [-0.1, -0.05) is 27.2 Å². The Balaban J connectivity index is 3.53. The molecule has 0 aromatic rings. The van der Waals surface area contributed by atoms with E-state index in [2.05, 4.69) is 33.0 Å². The van der Waals surface area contributed by atoms with Gasteiger partial charge in [0.2, 0.25) is 0 Å². The molecule has 1 atom stereocenters. The van der Waals surface area contributed by atoms with Crippen LogP contribution in [-0.4, -0.2) is 26.3 Å². The molecule has 0 heterocycles. The van der Waals surface area contributed by atoms with E-state index in [9.17, 15) is 0 Å². The molecule has 0 aliphatic carbocycles. The Morgan fingerprint density at radius 1 is 1.07 bits per heavy atom. The zero-order chi connectivity index (χ0) is 11.5. The van der Waals surface area contributed by atoms with Crippen molar-refractivity contribution in [2.45, 2.75) is 47.0 Å². The van der Waals surface area contributed by atoms with Crippen molar-refractivity contribution < 1.29 is 4.74 Å². The molecular weight excluding hydrogens is 186 g/mol. The second kappa shape index (κ2) is 10.4. The molecule has 0 saturated carbocycles. The highest BCUT2D eigenvalue weighted by molar-refractivity contribution is 4.63. The first-order valence-electron chi connectivity index (χ1n) is 6.49. The summed E-state index contributed by atoms with van der Waals surface area (Å²) in [6.45, 7) is 12.9. The Morgan fingerprint density at radius 2 is 1.80 bits per heavy atom. The van der Waals surface area contributed by atoms with E-state index in [1.165, 1.54) is 19.3 Å². The van der Waals surface area contributed by atoms with Crippen LogP contribution in [0.4, 0.5) is 0 Å². The van der Waals surface area contributed by atoms with Gasteiger partial charge >= 0.3 is 0 Å². The molecule has 0 aliphatic rings. The van der Waals surface area contributed by atoms with Gasteiger partial charge in [-0.25, -0.2) is 0 Å². The number of rotatable bonds is 10. The first-order chi connectivity index (χ1) is 7.20. The van der Waals surface area contributed by atoms with Crippen LogP contribution in [0, 0.1) is 11.8 Å². The van der Waals surface area contributed by atoms with E-state index in [0.29, 0.717) is 0 Å². The van der Waals surface area contributed by atoms with E-state index >= 15 is 0 Å². The van der Waals surface area contributed by atoms with Crippen LogP contribution in [0.3, 0.4) is 0 Å². The van der Waals surface area contributed by atoms with E-state index < -0.39 is 0 Å². The van der Waals surface area contributed by atoms with Crippen molar-refractivity contribution >= 4 is 0 Å². The molecule has 0 bridgehead atoms. The van der Waals surface area contributed by atoms with Crippen LogP contribution in [0.15, 0.2) is 0 Å². The number of nitrogens with one attached hydrogen (secondary N) is 1. The molecule has 15 heavy (non-hydrogen) atoms. The fraction of sp³-hybridized carbons (Fsp3) is 1.00. The van der Waals surface area contributed by atoms with E-state index in [-0.39, 0.29) is 0 Å². The summed E-state index contributed by atoms with van der Waals surface area (Å²) in [5, 5.41) is 3.54. The average molecular weight is 215 g/mol. The molecule has 0 aromatic heterocycles. The first kappa shape index (κ1) is 14.9. The minimum Gasteiger partial charge on any atom is -0.382 e. The Bertz CT molecular complexity index is 126. The molecule has 1 N–H and O–H groups in total. The molecule has 0 saturated heterocycles. The molecule has 2 nitrogen and oxygen atoms in total. The van der Waals surface area contributed by atoms with Crippen LogP contribution in [0.5, 0.6) is 0 Å². The molecule has 0 fully saturated rings. The lowest BCUT2D eigenvalue weighted by molar-refractivity contribution is 0.130. The lowest BCUT2D eigenvalue weighted by Gasteiger charge is -2.17. The van der Waals surface area contributed by atoms with Gasteiger partial charge in [0, 0.05) is 13.2 Å². The van der Waals surface area contributed by atoms with Crippen molar-refractivity contribution in [1.29, 1.82) is 0 Å². The predicted molar refractivity (Wildman–Crippen MR) is 67.2 cm³/mol. The molecule has 2 heteroatoms. The van der Waals surface area contributed by atoms with Crippen LogP contribution in [0.25, 0.3) is 0 Å². The second-order valence-electron chi connectivity index (χ2n) is 4.69. The van der Waals surface area contributed by atoms with Gasteiger partial charge in [-0.3, -0.25) is 0 Å². The summed E-state index contributed by atoms with van der Waals surface area (Å²) in [4.78, 5) is 0. The predicted octanol–water partition coefficient (Wildman–Crippen LogP) is 3.07. The Morgan fingerprint density at radius 3 is 2.33 bits per heavy atom. The number of ether oxygens (including phenoxy) is 1. The maximum Gasteiger partial charge on any atom is 0.0469 e. The van der Waals surface area contributed by atoms with Crippen LogP contribution in [0.1, 0.15) is 47.0 Å². The van der Waals surface area contributed by atoms with Gasteiger partial charge in [0.1, 0.15) is 0 Å². The van der Waals surface area contributed by atoms with Gasteiger partial charge in [-0.2, -0.15) is 0 Å². The topological polar surface area (TPSA) is 21.3 Å². The summed E-state index contributed by atoms with van der Waals surface area (Å²) in [6, 6.07) is 0. The van der Waals surface area contributed by atoms with Crippen molar-refractivity contribution in [2.75, 3.05) is 26.3 Å². The van der Waals surface area contributed by atoms with Gasteiger partial charge in [0.15, 0.2) is 0 Å². The fourth-order valence-corrected chi connectivity index (χ4v) is 1.73. The van der Waals surface area contributed by atoms with Crippen molar-refractivity contribution in [3.8, 4) is 0 Å². The number of hydrogen-bond acceptors (Lipinski definition) is 2. The largest absolute Gasteiger partial charge is 0.382 e. The lowest BCUT2D eigenvalue weighted by atomic mass is 10.00. The van der Waals surface area contributed by atoms with Crippen molar-refractivity contribution in [1.82, 2.24) is 5.32 Å². The van der Waals surface area contributed by atoms with Gasteiger partial charge < -0.3 is 10.1 Å². The SMILES string of the molecule is CCCC(CCOCC)CNCC(C)C. The van der Waals surface area contributed by atoms with E-state index in [1.807, 2.05) is 0 Å². The summed E-state index contributed by atoms with van der Waals surface area (Å²) in [6.07, 6.45) is 3.80. The maximum absolute atomic E-state index is 5.41. The van der Waals surface area contributed by atoms with Crippen LogP contribution < -0.4 is 5.32 Å². The van der Waals surface area contributed by atoms with E-state index in [0.717, 1.165) is 38.1 Å². The summed E-state index contributed by atoms with van der Waals surface area (Å²) in [5.41, 5.74) is 0. The average Bonchev–Trinajstić information content (AvgIpc) is 2.17. The fourth-order valence-electron chi connectivity index (χ4n) is 1.73. The van der Waals surface area contributed by atoms with Gasteiger partial charge in [0.25, 0.3) is 0 Å². The first-order valence-corrected chi connectivity index (χ1v) is 6.49. The van der Waals surface area contributed by atoms with Crippen LogP contribution in [0.2, 0.25) is 0 Å². The summed E-state index contributed by atoms with van der Waals surface area (Å²) < 4.78 is 5.41. The standard InChI is InChI=1S/C13H29NO/c1-5-7-13(8-9-15-6-2)11-14-10-12(3)4/h12-14H,5-11H2,1-4H3. The molecule has 0 amide bonds. The molecule has 1 unspecified atom stereocenters. The van der Waals surface area contributed by atoms with Crippen LogP contribution >= 0.6 is 0 Å². The number of hydrogen-bond donors (Lipinski definition) is 1. The van der Waals surface area contributed by atoms with Crippen molar-refractivity contribution in [2.24, 2.45) is 11.8 Å². The Labute approximate surface area is 95.8 Å². The third-order valence-electron chi connectivity index (χ3n) is 2.56. The van der Waals surface area contributed by atoms with E-state index in [4.69, 9.17) is 4.74 Å². The van der Waals surface area contributed by atoms with E-state index in [1.54, 1.807) is 0 Å². The highest BCUT2D eigenvalue weighted by atomic mass is 16.5. The monoisotopic (exact) mass is 215 g/mol. The Hall–Kier alpha value is -0.0800. The van der Waals surface area contributed by atoms with Crippen LogP contribution in [-0.2, 0) is 4.74 Å². The molecule has 0 aromatic carbocycles. The third kappa shape index (κ3) is 10.2. The summed E-state index contributed by atoms with van der Waals surface area (Å²) in [5.74, 6) is 1.54. The zero-order valence-electron chi connectivity index (χ0n) is 11.0. The lowest BCUT2D eigenvalue weighted by Crippen LogP contribution is -2.27. The minimum atomic E-state index is 0.749.